The van der Waals surface area contributed by atoms with Gasteiger partial charge in [-0.25, -0.2) is 4.98 Å². The van der Waals surface area contributed by atoms with Crippen molar-refractivity contribution < 1.29 is 23.1 Å². The first-order chi connectivity index (χ1) is 11.7. The minimum Gasteiger partial charge on any atom is -0.481 e. The Balaban J connectivity index is 1.58. The van der Waals surface area contributed by atoms with Gasteiger partial charge in [-0.3, -0.25) is 4.79 Å². The van der Waals surface area contributed by atoms with Gasteiger partial charge in [-0.15, -0.1) is 0 Å². The number of carbonyl (C=O) groups is 1. The standard InChI is InChI=1S/C16H19F3N4O2/c1-15-8-23(7-10(15)9(15)5-13(24)25)12-6-11(16(17,18)19)20-14(21-12)22-3-2-4-22/h6,9-10H,2-5,7-8H2,1H3,(H,24,25). The van der Waals surface area contributed by atoms with E-state index in [0.29, 0.717) is 26.2 Å². The molecule has 25 heavy (non-hydrogen) atoms. The van der Waals surface area contributed by atoms with E-state index in [4.69, 9.17) is 5.11 Å². The molecule has 3 atom stereocenters. The summed E-state index contributed by atoms with van der Waals surface area (Å²) in [6, 6.07) is 1.00. The van der Waals surface area contributed by atoms with Crippen molar-refractivity contribution in [1.29, 1.82) is 0 Å². The molecule has 0 radical (unpaired) electrons. The Kier molecular flexibility index (Phi) is 3.42. The average Bonchev–Trinajstić information content (AvgIpc) is 2.82. The molecule has 3 fully saturated rings. The van der Waals surface area contributed by atoms with E-state index in [1.165, 1.54) is 0 Å². The van der Waals surface area contributed by atoms with E-state index >= 15 is 0 Å². The molecule has 1 saturated carbocycles. The number of hydrogen-bond acceptors (Lipinski definition) is 5. The van der Waals surface area contributed by atoms with E-state index in [-0.39, 0.29) is 35.4 Å². The van der Waals surface area contributed by atoms with Crippen LogP contribution in [0.15, 0.2) is 6.07 Å². The maximum absolute atomic E-state index is 13.2. The van der Waals surface area contributed by atoms with Gasteiger partial charge in [-0.05, 0) is 23.7 Å². The number of carboxylic acids is 1. The van der Waals surface area contributed by atoms with Crippen LogP contribution in [0.4, 0.5) is 24.9 Å². The van der Waals surface area contributed by atoms with E-state index in [0.717, 1.165) is 12.5 Å². The highest BCUT2D eigenvalue weighted by atomic mass is 19.4. The van der Waals surface area contributed by atoms with Gasteiger partial charge >= 0.3 is 12.1 Å². The van der Waals surface area contributed by atoms with Crippen molar-refractivity contribution in [2.45, 2.75) is 25.9 Å². The van der Waals surface area contributed by atoms with Crippen molar-refractivity contribution in [2.24, 2.45) is 17.3 Å². The fourth-order valence-corrected chi connectivity index (χ4v) is 4.17. The number of piperidine rings is 1. The molecule has 1 aromatic heterocycles. The normalized spacial score (nSPS) is 30.9. The monoisotopic (exact) mass is 356 g/mol. The van der Waals surface area contributed by atoms with Crippen molar-refractivity contribution in [3.8, 4) is 0 Å². The third-order valence-corrected chi connectivity index (χ3v) is 5.87. The molecule has 0 amide bonds. The highest BCUT2D eigenvalue weighted by Gasteiger charge is 2.66. The van der Waals surface area contributed by atoms with Crippen molar-refractivity contribution in [2.75, 3.05) is 36.0 Å². The van der Waals surface area contributed by atoms with Crippen LogP contribution in [-0.2, 0) is 11.0 Å². The first kappa shape index (κ1) is 16.4. The summed E-state index contributed by atoms with van der Waals surface area (Å²) in [7, 11) is 0. The molecule has 3 heterocycles. The first-order valence-electron chi connectivity index (χ1n) is 8.36. The lowest BCUT2D eigenvalue weighted by Crippen LogP contribution is -2.39. The minimum absolute atomic E-state index is 0.0972. The van der Waals surface area contributed by atoms with Crippen LogP contribution < -0.4 is 9.80 Å². The van der Waals surface area contributed by atoms with Crippen molar-refractivity contribution >= 4 is 17.7 Å². The topological polar surface area (TPSA) is 69.6 Å². The van der Waals surface area contributed by atoms with Crippen LogP contribution >= 0.6 is 0 Å². The summed E-state index contributed by atoms with van der Waals surface area (Å²) in [4.78, 5) is 22.5. The van der Waals surface area contributed by atoms with Gasteiger partial charge in [-0.2, -0.15) is 18.2 Å². The summed E-state index contributed by atoms with van der Waals surface area (Å²) in [5.74, 6) is -0.121. The van der Waals surface area contributed by atoms with Gasteiger partial charge in [0.2, 0.25) is 5.95 Å². The summed E-state index contributed by atoms with van der Waals surface area (Å²) >= 11 is 0. The molecule has 0 aromatic carbocycles. The number of nitrogens with zero attached hydrogens (tertiary/aromatic N) is 4. The summed E-state index contributed by atoms with van der Waals surface area (Å²) in [6.07, 6.45) is -3.48. The number of aromatic nitrogens is 2. The lowest BCUT2D eigenvalue weighted by molar-refractivity contribution is -0.141. The Morgan fingerprint density at radius 1 is 1.36 bits per heavy atom. The Labute approximate surface area is 142 Å². The van der Waals surface area contributed by atoms with Gasteiger partial charge in [-0.1, -0.05) is 6.92 Å². The zero-order chi connectivity index (χ0) is 18.0. The van der Waals surface area contributed by atoms with E-state index in [1.54, 1.807) is 4.90 Å². The van der Waals surface area contributed by atoms with Crippen LogP contribution in [0, 0.1) is 17.3 Å². The van der Waals surface area contributed by atoms with E-state index in [9.17, 15) is 18.0 Å². The second-order valence-electron chi connectivity index (χ2n) is 7.45. The maximum atomic E-state index is 13.2. The number of aliphatic carboxylic acids is 1. The molecule has 2 saturated heterocycles. The molecule has 1 N–H and O–H groups in total. The number of alkyl halides is 3. The molecule has 4 rings (SSSR count). The van der Waals surface area contributed by atoms with Crippen LogP contribution in [0.1, 0.15) is 25.5 Å². The second kappa shape index (κ2) is 5.22. The molecule has 0 spiro atoms. The van der Waals surface area contributed by atoms with E-state index < -0.39 is 17.8 Å². The van der Waals surface area contributed by atoms with Gasteiger partial charge in [0.15, 0.2) is 5.69 Å². The lowest BCUT2D eigenvalue weighted by atomic mass is 10.1. The van der Waals surface area contributed by atoms with Crippen LogP contribution in [0.25, 0.3) is 0 Å². The summed E-state index contributed by atoms with van der Waals surface area (Å²) in [6.45, 7) is 4.42. The highest BCUT2D eigenvalue weighted by molar-refractivity contribution is 5.68. The number of anilines is 2. The molecular weight excluding hydrogens is 337 g/mol. The lowest BCUT2D eigenvalue weighted by Gasteiger charge is -2.32. The zero-order valence-corrected chi connectivity index (χ0v) is 13.8. The number of rotatable bonds is 4. The Morgan fingerprint density at radius 2 is 2.08 bits per heavy atom. The molecular formula is C16H19F3N4O2. The fourth-order valence-electron chi connectivity index (χ4n) is 4.17. The molecule has 0 bridgehead atoms. The molecule has 3 aliphatic rings. The number of halogens is 3. The van der Waals surface area contributed by atoms with Gasteiger partial charge in [0, 0.05) is 38.7 Å². The Morgan fingerprint density at radius 3 is 2.56 bits per heavy atom. The third-order valence-electron chi connectivity index (χ3n) is 5.87. The SMILES string of the molecule is CC12CN(c3cc(C(F)(F)F)nc(N4CCC4)n3)CC1C2CC(=O)O. The quantitative estimate of drug-likeness (QED) is 0.892. The third kappa shape index (κ3) is 2.69. The molecule has 1 aliphatic carbocycles. The zero-order valence-electron chi connectivity index (χ0n) is 13.8. The van der Waals surface area contributed by atoms with Crippen LogP contribution in [0.3, 0.4) is 0 Å². The number of carboxylic acid groups (broad SMARTS) is 1. The van der Waals surface area contributed by atoms with Crippen molar-refractivity contribution in [3.05, 3.63) is 11.8 Å². The Hall–Kier alpha value is -2.06. The maximum Gasteiger partial charge on any atom is 0.433 e. The summed E-state index contributed by atoms with van der Waals surface area (Å²) in [5, 5.41) is 8.97. The van der Waals surface area contributed by atoms with Gasteiger partial charge in [0.25, 0.3) is 0 Å². The predicted octanol–water partition coefficient (Wildman–Crippen LogP) is 2.25. The largest absolute Gasteiger partial charge is 0.481 e. The van der Waals surface area contributed by atoms with Crippen molar-refractivity contribution in [1.82, 2.24) is 9.97 Å². The van der Waals surface area contributed by atoms with Crippen LogP contribution in [0.5, 0.6) is 0 Å². The van der Waals surface area contributed by atoms with Gasteiger partial charge in [0.05, 0.1) is 0 Å². The smallest absolute Gasteiger partial charge is 0.433 e. The van der Waals surface area contributed by atoms with Crippen LogP contribution in [0.2, 0.25) is 0 Å². The molecule has 136 valence electrons. The number of hydrogen-bond donors (Lipinski definition) is 1. The van der Waals surface area contributed by atoms with E-state index in [2.05, 4.69) is 9.97 Å². The van der Waals surface area contributed by atoms with Crippen molar-refractivity contribution in [3.63, 3.8) is 0 Å². The highest BCUT2D eigenvalue weighted by Crippen LogP contribution is 2.64. The molecule has 3 unspecified atom stereocenters. The summed E-state index contributed by atoms with van der Waals surface area (Å²) < 4.78 is 39.6. The molecule has 6 nitrogen and oxygen atoms in total. The molecule has 2 aliphatic heterocycles. The van der Waals surface area contributed by atoms with Crippen LogP contribution in [-0.4, -0.2) is 47.2 Å². The fraction of sp³-hybridized carbons (Fsp3) is 0.688. The average molecular weight is 356 g/mol. The van der Waals surface area contributed by atoms with E-state index in [1.807, 2.05) is 11.8 Å². The predicted molar refractivity (Wildman–Crippen MR) is 83.4 cm³/mol. The molecule has 9 heteroatoms. The molecule has 1 aromatic rings. The summed E-state index contributed by atoms with van der Waals surface area (Å²) in [5.41, 5.74) is -1.08. The second-order valence-corrected chi connectivity index (χ2v) is 7.45. The first-order valence-corrected chi connectivity index (χ1v) is 8.36. The van der Waals surface area contributed by atoms with Gasteiger partial charge in [0.1, 0.15) is 5.82 Å². The van der Waals surface area contributed by atoms with Gasteiger partial charge < -0.3 is 14.9 Å². The number of fused-ring (bicyclic) bond motifs is 1. The Bertz CT molecular complexity index is 722. The minimum atomic E-state index is -4.52.